The van der Waals surface area contributed by atoms with Gasteiger partial charge in [0.2, 0.25) is 0 Å². The molecule has 1 atom stereocenters. The molecule has 0 fully saturated rings. The molecule has 0 saturated carbocycles. The Kier molecular flexibility index (Phi) is 3.93. The first-order chi connectivity index (χ1) is 13.3. The highest BCUT2D eigenvalue weighted by Crippen LogP contribution is 2.44. The minimum atomic E-state index is -0.227. The number of amidine groups is 1. The van der Waals surface area contributed by atoms with Crippen LogP contribution >= 0.6 is 0 Å². The molecule has 1 spiro atoms. The number of nitrogens with zero attached hydrogens (tertiary/aromatic N) is 2. The first-order valence-electron chi connectivity index (χ1n) is 9.51. The molecule has 0 radical (unpaired) electrons. The lowest BCUT2D eigenvalue weighted by molar-refractivity contribution is 0.204. The lowest BCUT2D eigenvalue weighted by atomic mass is 9.85. The second-order valence-corrected chi connectivity index (χ2v) is 7.27. The lowest BCUT2D eigenvalue weighted by Gasteiger charge is -2.34. The van der Waals surface area contributed by atoms with Crippen LogP contribution in [0.3, 0.4) is 0 Å². The summed E-state index contributed by atoms with van der Waals surface area (Å²) in [5.41, 5.74) is 3.46. The topological polar surface area (TPSA) is 24.8 Å². The predicted octanol–water partition coefficient (Wildman–Crippen LogP) is 4.63. The van der Waals surface area contributed by atoms with E-state index < -0.39 is 0 Å². The van der Waals surface area contributed by atoms with E-state index in [1.807, 2.05) is 6.07 Å². The van der Waals surface area contributed by atoms with Crippen molar-refractivity contribution in [3.8, 4) is 5.75 Å². The largest absolute Gasteiger partial charge is 0.493 e. The number of ether oxygens (including phenoxy) is 1. The van der Waals surface area contributed by atoms with Crippen LogP contribution in [0.15, 0.2) is 89.9 Å². The smallest absolute Gasteiger partial charge is 0.132 e. The fourth-order valence-corrected chi connectivity index (χ4v) is 4.19. The first kappa shape index (κ1) is 16.1. The fourth-order valence-electron chi connectivity index (χ4n) is 4.19. The van der Waals surface area contributed by atoms with Crippen LogP contribution in [-0.2, 0) is 12.1 Å². The maximum Gasteiger partial charge on any atom is 0.132 e. The van der Waals surface area contributed by atoms with Crippen LogP contribution in [-0.4, -0.2) is 23.9 Å². The highest BCUT2D eigenvalue weighted by atomic mass is 16.5. The van der Waals surface area contributed by atoms with E-state index in [1.165, 1.54) is 16.7 Å². The average molecular weight is 354 g/mol. The van der Waals surface area contributed by atoms with E-state index in [2.05, 4.69) is 83.8 Å². The van der Waals surface area contributed by atoms with E-state index >= 15 is 0 Å². The molecule has 2 aliphatic rings. The Hall–Kier alpha value is -3.07. The van der Waals surface area contributed by atoms with E-state index in [-0.39, 0.29) is 5.54 Å². The maximum absolute atomic E-state index is 5.92. The van der Waals surface area contributed by atoms with Gasteiger partial charge in [0.25, 0.3) is 0 Å². The van der Waals surface area contributed by atoms with Crippen molar-refractivity contribution < 1.29 is 4.74 Å². The Morgan fingerprint density at radius 1 is 0.852 bits per heavy atom. The summed E-state index contributed by atoms with van der Waals surface area (Å²) in [4.78, 5) is 7.75. The molecule has 0 N–H and O–H groups in total. The number of hydrogen-bond donors (Lipinski definition) is 0. The van der Waals surface area contributed by atoms with Crippen LogP contribution in [0.1, 0.15) is 23.1 Å². The molecule has 3 heteroatoms. The minimum Gasteiger partial charge on any atom is -0.493 e. The van der Waals surface area contributed by atoms with Gasteiger partial charge >= 0.3 is 0 Å². The van der Waals surface area contributed by atoms with Crippen LogP contribution in [0.25, 0.3) is 0 Å². The zero-order valence-corrected chi connectivity index (χ0v) is 15.2. The van der Waals surface area contributed by atoms with Crippen molar-refractivity contribution in [3.05, 3.63) is 102 Å². The molecule has 0 aliphatic carbocycles. The van der Waals surface area contributed by atoms with Gasteiger partial charge in [-0.1, -0.05) is 78.9 Å². The summed E-state index contributed by atoms with van der Waals surface area (Å²) in [5, 5.41) is 0. The van der Waals surface area contributed by atoms with Crippen LogP contribution in [0.5, 0.6) is 5.75 Å². The zero-order chi connectivity index (χ0) is 18.1. The molecular weight excluding hydrogens is 332 g/mol. The highest BCUT2D eigenvalue weighted by molar-refractivity contribution is 6.00. The number of aliphatic imine (C=N–C) groups is 1. The van der Waals surface area contributed by atoms with Crippen molar-refractivity contribution in [2.45, 2.75) is 18.5 Å². The minimum absolute atomic E-state index is 0.227. The lowest BCUT2D eigenvalue weighted by Crippen LogP contribution is -2.37. The van der Waals surface area contributed by atoms with Gasteiger partial charge in [-0.25, -0.2) is 0 Å². The van der Waals surface area contributed by atoms with Gasteiger partial charge in [-0.2, -0.15) is 0 Å². The summed E-state index contributed by atoms with van der Waals surface area (Å²) in [6.45, 7) is 2.45. The second kappa shape index (κ2) is 6.58. The summed E-state index contributed by atoms with van der Waals surface area (Å²) in [6, 6.07) is 29.5. The molecule has 3 aromatic carbocycles. The van der Waals surface area contributed by atoms with Gasteiger partial charge in [-0.15, -0.1) is 0 Å². The Morgan fingerprint density at radius 3 is 2.37 bits per heavy atom. The van der Waals surface area contributed by atoms with Crippen LogP contribution < -0.4 is 4.74 Å². The predicted molar refractivity (Wildman–Crippen MR) is 108 cm³/mol. The van der Waals surface area contributed by atoms with E-state index in [0.717, 1.165) is 31.1 Å². The van der Waals surface area contributed by atoms with Crippen molar-refractivity contribution in [2.75, 3.05) is 13.2 Å². The van der Waals surface area contributed by atoms with Gasteiger partial charge in [0.15, 0.2) is 0 Å². The van der Waals surface area contributed by atoms with Gasteiger partial charge in [0.1, 0.15) is 17.1 Å². The quantitative estimate of drug-likeness (QED) is 0.685. The molecule has 3 aromatic rings. The molecule has 0 bridgehead atoms. The van der Waals surface area contributed by atoms with E-state index in [1.54, 1.807) is 0 Å². The maximum atomic E-state index is 5.92. The number of fused-ring (bicyclic) bond motifs is 2. The molecule has 134 valence electrons. The SMILES string of the molecule is c1ccc(CN2CC3(CCOc4ccccc43)N=C2c2ccccc2)cc1. The molecule has 2 heterocycles. The van der Waals surface area contributed by atoms with E-state index in [0.29, 0.717) is 6.61 Å². The van der Waals surface area contributed by atoms with Crippen molar-refractivity contribution >= 4 is 5.84 Å². The standard InChI is InChI=1S/C24H22N2O/c1-3-9-19(10-4-1)17-26-18-24(25-23(26)20-11-5-2-6-12-20)15-16-27-22-14-8-7-13-21(22)24/h1-14H,15-18H2. The number of benzene rings is 3. The fraction of sp³-hybridized carbons (Fsp3) is 0.208. The molecule has 3 nitrogen and oxygen atoms in total. The third kappa shape index (κ3) is 2.89. The van der Waals surface area contributed by atoms with Crippen LogP contribution in [0.2, 0.25) is 0 Å². The number of para-hydroxylation sites is 1. The van der Waals surface area contributed by atoms with Gasteiger partial charge in [0.05, 0.1) is 6.61 Å². The molecular formula is C24H22N2O. The monoisotopic (exact) mass is 354 g/mol. The van der Waals surface area contributed by atoms with E-state index in [4.69, 9.17) is 9.73 Å². The molecule has 5 rings (SSSR count). The Labute approximate surface area is 159 Å². The summed E-state index contributed by atoms with van der Waals surface area (Å²) in [7, 11) is 0. The van der Waals surface area contributed by atoms with Crippen LogP contribution in [0, 0.1) is 0 Å². The third-order valence-corrected chi connectivity index (χ3v) is 5.48. The molecule has 27 heavy (non-hydrogen) atoms. The Morgan fingerprint density at radius 2 is 1.56 bits per heavy atom. The summed E-state index contributed by atoms with van der Waals surface area (Å²) >= 11 is 0. The molecule has 0 saturated heterocycles. The van der Waals surface area contributed by atoms with Crippen molar-refractivity contribution in [3.63, 3.8) is 0 Å². The zero-order valence-electron chi connectivity index (χ0n) is 15.2. The Balaban J connectivity index is 1.59. The van der Waals surface area contributed by atoms with Crippen molar-refractivity contribution in [2.24, 2.45) is 4.99 Å². The van der Waals surface area contributed by atoms with Crippen LogP contribution in [0.4, 0.5) is 0 Å². The normalized spacial score (nSPS) is 20.9. The molecule has 1 unspecified atom stereocenters. The number of hydrogen-bond acceptors (Lipinski definition) is 3. The first-order valence-corrected chi connectivity index (χ1v) is 9.51. The Bertz CT molecular complexity index is 968. The summed E-state index contributed by atoms with van der Waals surface area (Å²) < 4.78 is 5.92. The summed E-state index contributed by atoms with van der Waals surface area (Å²) in [5.74, 6) is 2.05. The molecule has 0 aromatic heterocycles. The van der Waals surface area contributed by atoms with Gasteiger partial charge in [0, 0.05) is 30.6 Å². The van der Waals surface area contributed by atoms with Gasteiger partial charge < -0.3 is 9.64 Å². The molecule has 2 aliphatic heterocycles. The third-order valence-electron chi connectivity index (χ3n) is 5.48. The van der Waals surface area contributed by atoms with Gasteiger partial charge in [-0.05, 0) is 11.6 Å². The van der Waals surface area contributed by atoms with Crippen molar-refractivity contribution in [1.82, 2.24) is 4.90 Å². The van der Waals surface area contributed by atoms with Gasteiger partial charge in [-0.3, -0.25) is 4.99 Å². The van der Waals surface area contributed by atoms with Crippen molar-refractivity contribution in [1.29, 1.82) is 0 Å². The second-order valence-electron chi connectivity index (χ2n) is 7.27. The number of rotatable bonds is 3. The van der Waals surface area contributed by atoms with E-state index in [9.17, 15) is 0 Å². The molecule has 0 amide bonds. The summed E-state index contributed by atoms with van der Waals surface area (Å²) in [6.07, 6.45) is 0.908. The average Bonchev–Trinajstić information content (AvgIpc) is 3.08. The highest BCUT2D eigenvalue weighted by Gasteiger charge is 2.44.